The van der Waals surface area contributed by atoms with Gasteiger partial charge in [-0.1, -0.05) is 25.1 Å². The molecule has 1 amide bonds. The van der Waals surface area contributed by atoms with Crippen LogP contribution in [-0.4, -0.2) is 32.4 Å². The van der Waals surface area contributed by atoms with E-state index < -0.39 is 0 Å². The highest BCUT2D eigenvalue weighted by Gasteiger charge is 2.10. The van der Waals surface area contributed by atoms with Crippen LogP contribution < -0.4 is 14.8 Å². The normalized spacial score (nSPS) is 10.4. The average molecular weight is 359 g/mol. The summed E-state index contributed by atoms with van der Waals surface area (Å²) in [5, 5.41) is 3.01. The molecule has 5 heteroatoms. The fraction of sp³-hybridized carbons (Fsp3) is 0.350. The number of nitrogens with one attached hydrogen (secondary N) is 1. The Labute approximate surface area is 153 Å². The van der Waals surface area contributed by atoms with E-state index in [0.717, 1.165) is 46.1 Å². The topological polar surface area (TPSA) is 47.6 Å². The molecule has 2 aromatic rings. The van der Waals surface area contributed by atoms with Crippen molar-refractivity contribution < 1.29 is 14.3 Å². The third-order valence-corrected chi connectivity index (χ3v) is 4.76. The van der Waals surface area contributed by atoms with Crippen molar-refractivity contribution in [1.29, 1.82) is 0 Å². The fourth-order valence-corrected chi connectivity index (χ4v) is 3.36. The van der Waals surface area contributed by atoms with Gasteiger partial charge >= 0.3 is 0 Å². The smallest absolute Gasteiger partial charge is 0.252 e. The minimum Gasteiger partial charge on any atom is -0.493 e. The summed E-state index contributed by atoms with van der Waals surface area (Å²) in [5.41, 5.74) is 1.91. The zero-order valence-corrected chi connectivity index (χ0v) is 15.8. The molecule has 0 aliphatic carbocycles. The van der Waals surface area contributed by atoms with E-state index in [-0.39, 0.29) is 5.91 Å². The molecule has 134 valence electrons. The molecular formula is C20H25NO3S. The standard InChI is InChI=1S/C20H25NO3S/c1-4-25-19-10-6-5-9-16(19)20(22)21-13-7-8-15-11-12-17(23-2)18(14-15)24-3/h5-6,9-12,14H,4,7-8,13H2,1-3H3,(H,21,22). The lowest BCUT2D eigenvalue weighted by Gasteiger charge is -2.11. The molecule has 0 saturated carbocycles. The van der Waals surface area contributed by atoms with Gasteiger partial charge in [0.25, 0.3) is 5.91 Å². The molecule has 25 heavy (non-hydrogen) atoms. The van der Waals surface area contributed by atoms with Crippen molar-refractivity contribution in [3.63, 3.8) is 0 Å². The molecule has 2 aromatic carbocycles. The van der Waals surface area contributed by atoms with E-state index in [0.29, 0.717) is 6.54 Å². The molecule has 0 radical (unpaired) electrons. The van der Waals surface area contributed by atoms with Crippen LogP contribution in [0.2, 0.25) is 0 Å². The maximum atomic E-state index is 12.4. The molecular weight excluding hydrogens is 334 g/mol. The van der Waals surface area contributed by atoms with E-state index >= 15 is 0 Å². The summed E-state index contributed by atoms with van der Waals surface area (Å²) < 4.78 is 10.6. The Balaban J connectivity index is 1.86. The Morgan fingerprint density at radius 1 is 1.08 bits per heavy atom. The van der Waals surface area contributed by atoms with E-state index in [2.05, 4.69) is 12.2 Å². The molecule has 4 nitrogen and oxygen atoms in total. The molecule has 1 N–H and O–H groups in total. The van der Waals surface area contributed by atoms with Crippen molar-refractivity contribution in [1.82, 2.24) is 5.32 Å². The lowest BCUT2D eigenvalue weighted by atomic mass is 10.1. The highest BCUT2D eigenvalue weighted by atomic mass is 32.2. The first-order valence-corrected chi connectivity index (χ1v) is 9.39. The Morgan fingerprint density at radius 3 is 2.56 bits per heavy atom. The van der Waals surface area contributed by atoms with E-state index in [1.807, 2.05) is 42.5 Å². The van der Waals surface area contributed by atoms with Crippen molar-refractivity contribution in [3.05, 3.63) is 53.6 Å². The van der Waals surface area contributed by atoms with E-state index in [9.17, 15) is 4.79 Å². The quantitative estimate of drug-likeness (QED) is 0.539. The number of benzene rings is 2. The first kappa shape index (κ1) is 19.2. The minimum absolute atomic E-state index is 0.0103. The summed E-state index contributed by atoms with van der Waals surface area (Å²) in [6, 6.07) is 13.6. The summed E-state index contributed by atoms with van der Waals surface area (Å²) in [6.07, 6.45) is 1.73. The maximum absolute atomic E-state index is 12.4. The summed E-state index contributed by atoms with van der Waals surface area (Å²) in [4.78, 5) is 13.4. The van der Waals surface area contributed by atoms with E-state index in [1.165, 1.54) is 0 Å². The molecule has 0 spiro atoms. The first-order valence-electron chi connectivity index (χ1n) is 8.40. The van der Waals surface area contributed by atoms with Gasteiger partial charge in [0.1, 0.15) is 0 Å². The molecule has 2 rings (SSSR count). The van der Waals surface area contributed by atoms with Gasteiger partial charge in [0, 0.05) is 11.4 Å². The molecule has 0 bridgehead atoms. The Hall–Kier alpha value is -2.14. The van der Waals surface area contributed by atoms with Crippen molar-refractivity contribution in [2.24, 2.45) is 0 Å². The van der Waals surface area contributed by atoms with E-state index in [1.54, 1.807) is 26.0 Å². The number of carbonyl (C=O) groups excluding carboxylic acids is 1. The summed E-state index contributed by atoms with van der Waals surface area (Å²) in [6.45, 7) is 2.72. The summed E-state index contributed by atoms with van der Waals surface area (Å²) in [7, 11) is 3.26. The van der Waals surface area contributed by atoms with Crippen LogP contribution in [0.5, 0.6) is 11.5 Å². The number of methoxy groups -OCH3 is 2. The van der Waals surface area contributed by atoms with Gasteiger partial charge in [-0.2, -0.15) is 0 Å². The number of hydrogen-bond donors (Lipinski definition) is 1. The molecule has 0 heterocycles. The van der Waals surface area contributed by atoms with Crippen molar-refractivity contribution in [2.75, 3.05) is 26.5 Å². The number of aryl methyl sites for hydroxylation is 1. The van der Waals surface area contributed by atoms with Crippen LogP contribution in [0.3, 0.4) is 0 Å². The van der Waals surface area contributed by atoms with Gasteiger partial charge in [0.15, 0.2) is 11.5 Å². The fourth-order valence-electron chi connectivity index (χ4n) is 2.56. The molecule has 0 aliphatic heterocycles. The SMILES string of the molecule is CCSc1ccccc1C(=O)NCCCc1ccc(OC)c(OC)c1. The predicted molar refractivity (Wildman–Crippen MR) is 103 cm³/mol. The Kier molecular flexibility index (Phi) is 7.67. The number of amides is 1. The molecule has 0 unspecified atom stereocenters. The van der Waals surface area contributed by atoms with E-state index in [4.69, 9.17) is 9.47 Å². The lowest BCUT2D eigenvalue weighted by molar-refractivity contribution is 0.0950. The second-order valence-electron chi connectivity index (χ2n) is 5.48. The van der Waals surface area contributed by atoms with Crippen molar-refractivity contribution >= 4 is 17.7 Å². The lowest BCUT2D eigenvalue weighted by Crippen LogP contribution is -2.25. The zero-order chi connectivity index (χ0) is 18.1. The van der Waals surface area contributed by atoms with Gasteiger partial charge in [-0.25, -0.2) is 0 Å². The molecule has 0 atom stereocenters. The van der Waals surface area contributed by atoms with Crippen LogP contribution in [0.15, 0.2) is 47.4 Å². The van der Waals surface area contributed by atoms with Gasteiger partial charge in [-0.15, -0.1) is 11.8 Å². The second kappa shape index (κ2) is 9.99. The first-order chi connectivity index (χ1) is 12.2. The monoisotopic (exact) mass is 359 g/mol. The Morgan fingerprint density at radius 2 is 1.84 bits per heavy atom. The van der Waals surface area contributed by atoms with Crippen LogP contribution in [0.4, 0.5) is 0 Å². The number of thioether (sulfide) groups is 1. The average Bonchev–Trinajstić information content (AvgIpc) is 2.65. The largest absolute Gasteiger partial charge is 0.493 e. The Bertz CT molecular complexity index is 703. The van der Waals surface area contributed by atoms with Gasteiger partial charge in [-0.05, 0) is 48.4 Å². The minimum atomic E-state index is -0.0103. The third kappa shape index (κ3) is 5.43. The molecule has 0 saturated heterocycles. The molecule has 0 aliphatic rings. The molecule has 0 fully saturated rings. The zero-order valence-electron chi connectivity index (χ0n) is 15.0. The van der Waals surface area contributed by atoms with Crippen LogP contribution in [-0.2, 0) is 6.42 Å². The van der Waals surface area contributed by atoms with Gasteiger partial charge in [-0.3, -0.25) is 4.79 Å². The van der Waals surface area contributed by atoms with Crippen molar-refractivity contribution in [3.8, 4) is 11.5 Å². The number of rotatable bonds is 9. The number of hydrogen-bond acceptors (Lipinski definition) is 4. The van der Waals surface area contributed by atoms with Crippen LogP contribution in [0.25, 0.3) is 0 Å². The highest BCUT2D eigenvalue weighted by Crippen LogP contribution is 2.28. The van der Waals surface area contributed by atoms with Gasteiger partial charge < -0.3 is 14.8 Å². The maximum Gasteiger partial charge on any atom is 0.252 e. The highest BCUT2D eigenvalue weighted by molar-refractivity contribution is 7.99. The number of ether oxygens (including phenoxy) is 2. The van der Waals surface area contributed by atoms with Crippen molar-refractivity contribution in [2.45, 2.75) is 24.7 Å². The third-order valence-electron chi connectivity index (χ3n) is 3.81. The van der Waals surface area contributed by atoms with Gasteiger partial charge in [0.05, 0.1) is 19.8 Å². The summed E-state index contributed by atoms with van der Waals surface area (Å²) >= 11 is 1.69. The molecule has 0 aromatic heterocycles. The summed E-state index contributed by atoms with van der Waals surface area (Å²) in [5.74, 6) is 2.40. The number of carbonyl (C=O) groups is 1. The second-order valence-corrected chi connectivity index (χ2v) is 6.78. The van der Waals surface area contributed by atoms with Gasteiger partial charge in [0.2, 0.25) is 0 Å². The van der Waals surface area contributed by atoms with Crippen LogP contribution in [0.1, 0.15) is 29.3 Å². The van der Waals surface area contributed by atoms with Crippen LogP contribution in [0, 0.1) is 0 Å². The predicted octanol–water partition coefficient (Wildman–Crippen LogP) is 4.18. The van der Waals surface area contributed by atoms with Crippen LogP contribution >= 0.6 is 11.8 Å².